The lowest BCUT2D eigenvalue weighted by Crippen LogP contribution is -2.34. The third-order valence-corrected chi connectivity index (χ3v) is 3.65. The molecule has 0 radical (unpaired) electrons. The van der Waals surface area contributed by atoms with Gasteiger partial charge >= 0.3 is 6.18 Å². The van der Waals surface area contributed by atoms with Crippen LogP contribution < -0.4 is 10.6 Å². The van der Waals surface area contributed by atoms with Crippen LogP contribution in [0.15, 0.2) is 18.2 Å². The number of nitrogens with one attached hydrogen (secondary N) is 2. The molecular formula is C15H19F3N2O. The molecule has 1 aliphatic rings. The van der Waals surface area contributed by atoms with Gasteiger partial charge in [-0.05, 0) is 50.8 Å². The highest BCUT2D eigenvalue weighted by Crippen LogP contribution is 2.34. The Morgan fingerprint density at radius 1 is 1.38 bits per heavy atom. The summed E-state index contributed by atoms with van der Waals surface area (Å²) in [6.45, 7) is 4.24. The van der Waals surface area contributed by atoms with Crippen molar-refractivity contribution < 1.29 is 18.0 Å². The van der Waals surface area contributed by atoms with Crippen LogP contribution in [-0.4, -0.2) is 18.5 Å². The van der Waals surface area contributed by atoms with E-state index in [1.807, 2.05) is 13.8 Å². The summed E-state index contributed by atoms with van der Waals surface area (Å²) in [6.07, 6.45) is -2.34. The van der Waals surface area contributed by atoms with Crippen molar-refractivity contribution in [1.82, 2.24) is 5.32 Å². The van der Waals surface area contributed by atoms with Gasteiger partial charge in [0, 0.05) is 18.3 Å². The monoisotopic (exact) mass is 300 g/mol. The van der Waals surface area contributed by atoms with Crippen molar-refractivity contribution in [2.75, 3.05) is 11.9 Å². The molecule has 0 aromatic heterocycles. The van der Waals surface area contributed by atoms with Crippen molar-refractivity contribution in [3.8, 4) is 0 Å². The van der Waals surface area contributed by atoms with Crippen LogP contribution in [0.25, 0.3) is 0 Å². The first-order chi connectivity index (χ1) is 9.82. The molecule has 1 unspecified atom stereocenters. The summed E-state index contributed by atoms with van der Waals surface area (Å²) < 4.78 is 38.4. The zero-order valence-corrected chi connectivity index (χ0v) is 12.1. The number of alkyl halides is 3. The van der Waals surface area contributed by atoms with Crippen LogP contribution >= 0.6 is 0 Å². The fourth-order valence-corrected chi connectivity index (χ4v) is 2.25. The predicted molar refractivity (Wildman–Crippen MR) is 75.3 cm³/mol. The molecule has 1 saturated carbocycles. The van der Waals surface area contributed by atoms with E-state index in [-0.39, 0.29) is 11.6 Å². The van der Waals surface area contributed by atoms with Gasteiger partial charge in [-0.3, -0.25) is 4.79 Å². The molecule has 21 heavy (non-hydrogen) atoms. The maximum Gasteiger partial charge on any atom is 0.416 e. The summed E-state index contributed by atoms with van der Waals surface area (Å²) in [5, 5.41) is 5.71. The first kappa shape index (κ1) is 15.7. The van der Waals surface area contributed by atoms with Crippen molar-refractivity contribution in [3.05, 3.63) is 29.3 Å². The number of benzene rings is 1. The Hall–Kier alpha value is -1.72. The van der Waals surface area contributed by atoms with Crippen LogP contribution in [0.2, 0.25) is 0 Å². The van der Waals surface area contributed by atoms with Crippen LogP contribution in [0.4, 0.5) is 18.9 Å². The molecule has 116 valence electrons. The van der Waals surface area contributed by atoms with E-state index in [0.717, 1.165) is 25.0 Å². The minimum absolute atomic E-state index is 0.0125. The van der Waals surface area contributed by atoms with Gasteiger partial charge in [-0.1, -0.05) is 0 Å². The number of rotatable bonds is 5. The van der Waals surface area contributed by atoms with Gasteiger partial charge in [-0.25, -0.2) is 0 Å². The molecule has 6 heteroatoms. The molecule has 1 fully saturated rings. The summed E-state index contributed by atoms with van der Waals surface area (Å²) in [5.41, 5.74) is -0.349. The summed E-state index contributed by atoms with van der Waals surface area (Å²) >= 11 is 0. The lowest BCUT2D eigenvalue weighted by molar-refractivity contribution is -0.137. The number of amides is 1. The van der Waals surface area contributed by atoms with Crippen molar-refractivity contribution in [1.29, 1.82) is 0 Å². The highest BCUT2D eigenvalue weighted by Gasteiger charge is 2.33. The second kappa shape index (κ2) is 5.95. The van der Waals surface area contributed by atoms with E-state index in [4.69, 9.17) is 0 Å². The van der Waals surface area contributed by atoms with Crippen molar-refractivity contribution in [3.63, 3.8) is 0 Å². The topological polar surface area (TPSA) is 41.1 Å². The average molecular weight is 300 g/mol. The van der Waals surface area contributed by atoms with Gasteiger partial charge < -0.3 is 10.6 Å². The maximum atomic E-state index is 12.8. The Morgan fingerprint density at radius 2 is 2.05 bits per heavy atom. The molecule has 1 amide bonds. The quantitative estimate of drug-likeness (QED) is 0.871. The van der Waals surface area contributed by atoms with E-state index < -0.39 is 17.6 Å². The SMILES string of the molecule is CCNc1ccc(C(F)(F)F)cc1C(=O)NC(C)C1CC1. The number of halogens is 3. The van der Waals surface area contributed by atoms with Gasteiger partial charge in [0.25, 0.3) is 5.91 Å². The smallest absolute Gasteiger partial charge is 0.385 e. The Bertz CT molecular complexity index is 524. The second-order valence-electron chi connectivity index (χ2n) is 5.39. The Balaban J connectivity index is 2.26. The minimum Gasteiger partial charge on any atom is -0.385 e. The van der Waals surface area contributed by atoms with Gasteiger partial charge in [0.05, 0.1) is 11.1 Å². The number of hydrogen-bond donors (Lipinski definition) is 2. The van der Waals surface area contributed by atoms with Crippen LogP contribution in [0.1, 0.15) is 42.6 Å². The number of carbonyl (C=O) groups excluding carboxylic acids is 1. The zero-order chi connectivity index (χ0) is 15.6. The molecule has 0 saturated heterocycles. The molecule has 2 rings (SSSR count). The van der Waals surface area contributed by atoms with E-state index in [2.05, 4.69) is 10.6 Å². The lowest BCUT2D eigenvalue weighted by atomic mass is 10.1. The van der Waals surface area contributed by atoms with Crippen molar-refractivity contribution >= 4 is 11.6 Å². The molecule has 1 aliphatic carbocycles. The molecule has 1 aromatic rings. The number of carbonyl (C=O) groups is 1. The molecule has 0 bridgehead atoms. The number of hydrogen-bond acceptors (Lipinski definition) is 2. The van der Waals surface area contributed by atoms with E-state index in [0.29, 0.717) is 18.2 Å². The highest BCUT2D eigenvalue weighted by molar-refractivity contribution is 6.00. The summed E-state index contributed by atoms with van der Waals surface area (Å²) in [7, 11) is 0. The maximum absolute atomic E-state index is 12.8. The Morgan fingerprint density at radius 3 is 2.57 bits per heavy atom. The summed E-state index contributed by atoms with van der Waals surface area (Å²) in [4.78, 5) is 12.2. The molecule has 0 aliphatic heterocycles. The van der Waals surface area contributed by atoms with Crippen LogP contribution in [0.3, 0.4) is 0 Å². The molecule has 3 nitrogen and oxygen atoms in total. The predicted octanol–water partition coefficient (Wildman–Crippen LogP) is 3.67. The molecule has 0 heterocycles. The fraction of sp³-hybridized carbons (Fsp3) is 0.533. The third-order valence-electron chi connectivity index (χ3n) is 3.65. The van der Waals surface area contributed by atoms with Gasteiger partial charge in [0.15, 0.2) is 0 Å². The zero-order valence-electron chi connectivity index (χ0n) is 12.1. The highest BCUT2D eigenvalue weighted by atomic mass is 19.4. The van der Waals surface area contributed by atoms with Gasteiger partial charge in [-0.2, -0.15) is 13.2 Å². The van der Waals surface area contributed by atoms with Crippen LogP contribution in [0, 0.1) is 5.92 Å². The molecule has 2 N–H and O–H groups in total. The number of anilines is 1. The second-order valence-corrected chi connectivity index (χ2v) is 5.39. The van der Waals surface area contributed by atoms with Gasteiger partial charge in [-0.15, -0.1) is 0 Å². The largest absolute Gasteiger partial charge is 0.416 e. The van der Waals surface area contributed by atoms with E-state index in [1.165, 1.54) is 6.07 Å². The fourth-order valence-electron chi connectivity index (χ4n) is 2.25. The van der Waals surface area contributed by atoms with E-state index in [9.17, 15) is 18.0 Å². The molecular weight excluding hydrogens is 281 g/mol. The first-order valence-electron chi connectivity index (χ1n) is 7.09. The molecule has 1 aromatic carbocycles. The Labute approximate surface area is 121 Å². The van der Waals surface area contributed by atoms with E-state index in [1.54, 1.807) is 0 Å². The Kier molecular flexibility index (Phi) is 4.44. The average Bonchev–Trinajstić information content (AvgIpc) is 3.22. The molecule has 0 spiro atoms. The first-order valence-corrected chi connectivity index (χ1v) is 7.09. The summed E-state index contributed by atoms with van der Waals surface area (Å²) in [6, 6.07) is 3.19. The van der Waals surface area contributed by atoms with Crippen molar-refractivity contribution in [2.24, 2.45) is 5.92 Å². The standard InChI is InChI=1S/C15H19F3N2O/c1-3-19-13-7-6-11(15(16,17)18)8-12(13)14(21)20-9(2)10-4-5-10/h6-10,19H,3-5H2,1-2H3,(H,20,21). The van der Waals surface area contributed by atoms with E-state index >= 15 is 0 Å². The normalized spacial score (nSPS) is 16.4. The lowest BCUT2D eigenvalue weighted by Gasteiger charge is -2.17. The minimum atomic E-state index is -4.46. The van der Waals surface area contributed by atoms with Crippen LogP contribution in [-0.2, 0) is 6.18 Å². The third kappa shape index (κ3) is 3.89. The van der Waals surface area contributed by atoms with Gasteiger partial charge in [0.2, 0.25) is 0 Å². The molecule has 1 atom stereocenters. The van der Waals surface area contributed by atoms with Crippen LogP contribution in [0.5, 0.6) is 0 Å². The summed E-state index contributed by atoms with van der Waals surface area (Å²) in [5.74, 6) is -0.0150. The van der Waals surface area contributed by atoms with Gasteiger partial charge in [0.1, 0.15) is 0 Å². The van der Waals surface area contributed by atoms with Crippen molar-refractivity contribution in [2.45, 2.75) is 38.9 Å².